The zero-order valence-electron chi connectivity index (χ0n) is 19.5. The Balaban J connectivity index is 1.73. The van der Waals surface area contributed by atoms with Crippen LogP contribution in [-0.2, 0) is 5.75 Å². The van der Waals surface area contributed by atoms with Crippen LogP contribution in [0.15, 0.2) is 47.6 Å². The summed E-state index contributed by atoms with van der Waals surface area (Å²) < 4.78 is 6.94. The number of carbonyl (C=O) groups excluding carboxylic acids is 1. The molecule has 0 saturated carbocycles. The Morgan fingerprint density at radius 2 is 1.71 bits per heavy atom. The Kier molecular flexibility index (Phi) is 7.59. The van der Waals surface area contributed by atoms with Gasteiger partial charge in [-0.3, -0.25) is 4.79 Å². The van der Waals surface area contributed by atoms with Gasteiger partial charge < -0.3 is 10.1 Å². The van der Waals surface area contributed by atoms with Crippen LogP contribution < -0.4 is 10.1 Å². The average molecular weight is 529 g/mol. The third-order valence-electron chi connectivity index (χ3n) is 4.97. The minimum Gasteiger partial charge on any atom is -0.495 e. The predicted octanol–water partition coefficient (Wildman–Crippen LogP) is 5.84. The molecule has 0 spiro atoms. The summed E-state index contributed by atoms with van der Waals surface area (Å²) in [5.41, 5.74) is 4.51. The van der Waals surface area contributed by atoms with Crippen molar-refractivity contribution in [1.82, 2.24) is 25.0 Å². The van der Waals surface area contributed by atoms with Crippen LogP contribution >= 0.6 is 35.0 Å². The molecular formula is C24H22Cl2N6O2S. The van der Waals surface area contributed by atoms with Gasteiger partial charge in [-0.2, -0.15) is 0 Å². The maximum absolute atomic E-state index is 13.3. The number of nitrogens with one attached hydrogen (secondary N) is 1. The smallest absolute Gasteiger partial charge is 0.278 e. The summed E-state index contributed by atoms with van der Waals surface area (Å²) >= 11 is 13.8. The first-order chi connectivity index (χ1) is 16.7. The lowest BCUT2D eigenvalue weighted by Crippen LogP contribution is -2.16. The fraction of sp³-hybridized carbons (Fsp3) is 0.208. The second-order valence-corrected chi connectivity index (χ2v) is 9.62. The van der Waals surface area contributed by atoms with Crippen LogP contribution in [0.25, 0.3) is 5.69 Å². The Morgan fingerprint density at radius 3 is 2.37 bits per heavy atom. The Morgan fingerprint density at radius 1 is 1.03 bits per heavy atom. The summed E-state index contributed by atoms with van der Waals surface area (Å²) in [6.45, 7) is 5.75. The highest BCUT2D eigenvalue weighted by Gasteiger charge is 2.23. The first-order valence-corrected chi connectivity index (χ1v) is 12.3. The van der Waals surface area contributed by atoms with Crippen LogP contribution in [0.4, 0.5) is 5.69 Å². The predicted molar refractivity (Wildman–Crippen MR) is 138 cm³/mol. The molecule has 4 aromatic rings. The zero-order chi connectivity index (χ0) is 25.1. The number of carbonyl (C=O) groups is 1. The molecule has 0 aliphatic heterocycles. The molecule has 4 rings (SSSR count). The van der Waals surface area contributed by atoms with Gasteiger partial charge in [0, 0.05) is 27.2 Å². The molecule has 180 valence electrons. The molecule has 11 heteroatoms. The maximum Gasteiger partial charge on any atom is 0.278 e. The molecule has 2 heterocycles. The van der Waals surface area contributed by atoms with Gasteiger partial charge >= 0.3 is 0 Å². The standard InChI is InChI=1S/C24H22Cl2N6O2S/c1-13-5-6-21(34-4)19(7-13)29-23(33)22-20(12-35-24-27-14(2)8-15(3)28-24)32(31-30-22)18-10-16(25)9-17(26)11-18/h5-11H,12H2,1-4H3,(H,29,33). The van der Waals surface area contributed by atoms with E-state index in [9.17, 15) is 4.79 Å². The summed E-state index contributed by atoms with van der Waals surface area (Å²) in [4.78, 5) is 22.3. The number of amides is 1. The van der Waals surface area contributed by atoms with Crippen molar-refractivity contribution in [2.45, 2.75) is 31.7 Å². The molecule has 1 amide bonds. The van der Waals surface area contributed by atoms with E-state index < -0.39 is 5.91 Å². The molecule has 0 saturated heterocycles. The van der Waals surface area contributed by atoms with E-state index in [1.807, 2.05) is 39.0 Å². The van der Waals surface area contributed by atoms with Crippen molar-refractivity contribution < 1.29 is 9.53 Å². The number of hydrogen-bond acceptors (Lipinski definition) is 7. The van der Waals surface area contributed by atoms with Crippen LogP contribution in [0.5, 0.6) is 5.75 Å². The molecule has 0 unspecified atom stereocenters. The number of aryl methyl sites for hydroxylation is 3. The largest absolute Gasteiger partial charge is 0.495 e. The Bertz CT molecular complexity index is 1370. The van der Waals surface area contributed by atoms with Crippen molar-refractivity contribution in [3.05, 3.63) is 80.8 Å². The molecule has 8 nitrogen and oxygen atoms in total. The summed E-state index contributed by atoms with van der Waals surface area (Å²) in [7, 11) is 1.55. The molecule has 2 aromatic carbocycles. The monoisotopic (exact) mass is 528 g/mol. The van der Waals surface area contributed by atoms with Crippen LogP contribution in [-0.4, -0.2) is 38.0 Å². The molecule has 2 aromatic heterocycles. The van der Waals surface area contributed by atoms with E-state index in [2.05, 4.69) is 25.6 Å². The van der Waals surface area contributed by atoms with Crippen molar-refractivity contribution >= 4 is 46.6 Å². The van der Waals surface area contributed by atoms with Gasteiger partial charge in [0.15, 0.2) is 10.9 Å². The van der Waals surface area contributed by atoms with E-state index >= 15 is 0 Å². The Labute approximate surface area is 217 Å². The van der Waals surface area contributed by atoms with Crippen molar-refractivity contribution in [3.8, 4) is 11.4 Å². The molecule has 0 radical (unpaired) electrons. The molecule has 35 heavy (non-hydrogen) atoms. The number of ether oxygens (including phenoxy) is 1. The minimum absolute atomic E-state index is 0.154. The lowest BCUT2D eigenvalue weighted by Gasteiger charge is -2.12. The lowest BCUT2D eigenvalue weighted by molar-refractivity contribution is 0.102. The van der Waals surface area contributed by atoms with E-state index in [0.29, 0.717) is 43.8 Å². The van der Waals surface area contributed by atoms with Crippen molar-refractivity contribution in [2.24, 2.45) is 0 Å². The van der Waals surface area contributed by atoms with Crippen molar-refractivity contribution in [1.29, 1.82) is 0 Å². The third-order valence-corrected chi connectivity index (χ3v) is 6.27. The van der Waals surface area contributed by atoms with Gasteiger partial charge in [-0.15, -0.1) is 5.10 Å². The first-order valence-electron chi connectivity index (χ1n) is 10.6. The van der Waals surface area contributed by atoms with Gasteiger partial charge in [0.25, 0.3) is 5.91 Å². The van der Waals surface area contributed by atoms with Gasteiger partial charge in [0.2, 0.25) is 0 Å². The van der Waals surface area contributed by atoms with Crippen molar-refractivity contribution in [2.75, 3.05) is 12.4 Å². The fourth-order valence-electron chi connectivity index (χ4n) is 3.47. The fourth-order valence-corrected chi connectivity index (χ4v) is 4.92. The quantitative estimate of drug-likeness (QED) is 0.237. The zero-order valence-corrected chi connectivity index (χ0v) is 21.8. The highest BCUT2D eigenvalue weighted by atomic mass is 35.5. The summed E-state index contributed by atoms with van der Waals surface area (Å²) in [6.07, 6.45) is 0. The average Bonchev–Trinajstić information content (AvgIpc) is 3.21. The number of benzene rings is 2. The molecule has 0 fully saturated rings. The molecule has 0 bridgehead atoms. The topological polar surface area (TPSA) is 94.8 Å². The van der Waals surface area contributed by atoms with E-state index in [1.165, 1.54) is 11.8 Å². The minimum atomic E-state index is -0.426. The van der Waals surface area contributed by atoms with E-state index in [1.54, 1.807) is 36.1 Å². The number of hydrogen-bond donors (Lipinski definition) is 1. The van der Waals surface area contributed by atoms with E-state index in [0.717, 1.165) is 17.0 Å². The van der Waals surface area contributed by atoms with Gasteiger partial charge in [0.1, 0.15) is 5.75 Å². The summed E-state index contributed by atoms with van der Waals surface area (Å²) in [5, 5.41) is 12.8. The number of halogens is 2. The number of thioether (sulfide) groups is 1. The van der Waals surface area contributed by atoms with Gasteiger partial charge in [-0.1, -0.05) is 46.2 Å². The molecule has 1 N–H and O–H groups in total. The second kappa shape index (κ2) is 10.6. The van der Waals surface area contributed by atoms with Crippen LogP contribution in [0, 0.1) is 20.8 Å². The Hall–Kier alpha value is -3.14. The molecule has 0 atom stereocenters. The number of methoxy groups -OCH3 is 1. The molecular weight excluding hydrogens is 507 g/mol. The SMILES string of the molecule is COc1ccc(C)cc1NC(=O)c1nnn(-c2cc(Cl)cc(Cl)c2)c1CSc1nc(C)cc(C)n1. The van der Waals surface area contributed by atoms with E-state index in [-0.39, 0.29) is 5.69 Å². The number of anilines is 1. The second-order valence-electron chi connectivity index (χ2n) is 7.80. The van der Waals surface area contributed by atoms with Gasteiger partial charge in [-0.05, 0) is 62.7 Å². The first kappa shape index (κ1) is 25.0. The van der Waals surface area contributed by atoms with Crippen molar-refractivity contribution in [3.63, 3.8) is 0 Å². The van der Waals surface area contributed by atoms with Crippen LogP contribution in [0.2, 0.25) is 10.0 Å². The highest BCUT2D eigenvalue weighted by molar-refractivity contribution is 7.98. The summed E-state index contributed by atoms with van der Waals surface area (Å²) in [6, 6.07) is 12.5. The normalized spacial score (nSPS) is 10.9. The third kappa shape index (κ3) is 5.93. The van der Waals surface area contributed by atoms with Gasteiger partial charge in [-0.25, -0.2) is 14.6 Å². The lowest BCUT2D eigenvalue weighted by atomic mass is 10.2. The highest BCUT2D eigenvalue weighted by Crippen LogP contribution is 2.29. The maximum atomic E-state index is 13.3. The van der Waals surface area contributed by atoms with Crippen LogP contribution in [0.3, 0.4) is 0 Å². The number of rotatable bonds is 7. The van der Waals surface area contributed by atoms with E-state index in [4.69, 9.17) is 27.9 Å². The number of aromatic nitrogens is 5. The number of nitrogens with zero attached hydrogens (tertiary/aromatic N) is 5. The molecule has 0 aliphatic rings. The summed E-state index contributed by atoms with van der Waals surface area (Å²) in [5.74, 6) is 0.441. The van der Waals surface area contributed by atoms with Crippen LogP contribution in [0.1, 0.15) is 33.1 Å². The molecule has 0 aliphatic carbocycles. The van der Waals surface area contributed by atoms with Gasteiger partial charge in [0.05, 0.1) is 24.2 Å².